The Morgan fingerprint density at radius 1 is 1.44 bits per heavy atom. The van der Waals surface area contributed by atoms with Crippen LogP contribution in [0.1, 0.15) is 23.2 Å². The molecule has 0 aliphatic rings. The highest BCUT2D eigenvalue weighted by Crippen LogP contribution is 2.39. The van der Waals surface area contributed by atoms with E-state index in [4.69, 9.17) is 5.26 Å². The zero-order chi connectivity index (χ0) is 14.1. The lowest BCUT2D eigenvalue weighted by Crippen LogP contribution is -2.13. The van der Waals surface area contributed by atoms with Crippen LogP contribution in [0.2, 0.25) is 0 Å². The predicted octanol–water partition coefficient (Wildman–Crippen LogP) is 2.82. The molecule has 0 saturated carbocycles. The standard InChI is InChI=1S/C8H2F5N3O2/c9-7(10)5-3(1-14)6(16(17)18)4(2-15-5)8(11,12)13/h2,7H. The number of halogens is 5. The molecule has 18 heavy (non-hydrogen) atoms. The van der Waals surface area contributed by atoms with E-state index >= 15 is 0 Å². The fourth-order valence-corrected chi connectivity index (χ4v) is 1.19. The van der Waals surface area contributed by atoms with Crippen LogP contribution >= 0.6 is 0 Å². The number of nitriles is 1. The number of nitrogens with zero attached hydrogens (tertiary/aromatic N) is 3. The fraction of sp³-hybridized carbons (Fsp3) is 0.250. The Bertz CT molecular complexity index is 535. The third-order valence-corrected chi connectivity index (χ3v) is 1.89. The van der Waals surface area contributed by atoms with Gasteiger partial charge >= 0.3 is 11.9 Å². The van der Waals surface area contributed by atoms with E-state index in [1.165, 1.54) is 0 Å². The Labute approximate surface area is 95.6 Å². The maximum atomic E-state index is 12.4. The molecule has 0 spiro atoms. The van der Waals surface area contributed by atoms with Crippen LogP contribution in [0.15, 0.2) is 6.20 Å². The van der Waals surface area contributed by atoms with E-state index in [1.807, 2.05) is 0 Å². The quantitative estimate of drug-likeness (QED) is 0.468. The number of pyridine rings is 1. The van der Waals surface area contributed by atoms with Crippen molar-refractivity contribution in [1.29, 1.82) is 5.26 Å². The number of alkyl halides is 5. The second kappa shape index (κ2) is 4.52. The number of hydrogen-bond acceptors (Lipinski definition) is 4. The first-order chi connectivity index (χ1) is 8.20. The average molecular weight is 267 g/mol. The van der Waals surface area contributed by atoms with Gasteiger partial charge in [-0.1, -0.05) is 0 Å². The molecule has 0 aliphatic heterocycles. The van der Waals surface area contributed by atoms with Crippen LogP contribution in [0.4, 0.5) is 27.6 Å². The van der Waals surface area contributed by atoms with Crippen LogP contribution in [-0.2, 0) is 6.18 Å². The molecule has 0 fully saturated rings. The monoisotopic (exact) mass is 267 g/mol. The third-order valence-electron chi connectivity index (χ3n) is 1.89. The largest absolute Gasteiger partial charge is 0.424 e. The van der Waals surface area contributed by atoms with Crippen molar-refractivity contribution in [1.82, 2.24) is 4.98 Å². The predicted molar refractivity (Wildman–Crippen MR) is 45.6 cm³/mol. The number of aromatic nitrogens is 1. The number of hydrogen-bond donors (Lipinski definition) is 0. The summed E-state index contributed by atoms with van der Waals surface area (Å²) in [6, 6.07) is 0.955. The number of rotatable bonds is 2. The van der Waals surface area contributed by atoms with Crippen molar-refractivity contribution >= 4 is 5.69 Å². The molecule has 0 saturated heterocycles. The van der Waals surface area contributed by atoms with Crippen LogP contribution in [0.3, 0.4) is 0 Å². The van der Waals surface area contributed by atoms with Crippen molar-refractivity contribution < 1.29 is 26.9 Å². The molecule has 5 nitrogen and oxygen atoms in total. The summed E-state index contributed by atoms with van der Waals surface area (Å²) in [6.45, 7) is 0. The summed E-state index contributed by atoms with van der Waals surface area (Å²) in [5.74, 6) is 0. The minimum absolute atomic E-state index is 0.0829. The van der Waals surface area contributed by atoms with Gasteiger partial charge in [0.25, 0.3) is 6.43 Å². The van der Waals surface area contributed by atoms with Gasteiger partial charge in [-0.25, -0.2) is 8.78 Å². The minimum atomic E-state index is -5.17. The van der Waals surface area contributed by atoms with Gasteiger partial charge in [0.15, 0.2) is 11.1 Å². The van der Waals surface area contributed by atoms with E-state index in [9.17, 15) is 32.1 Å². The molecule has 0 bridgehead atoms. The first-order valence-corrected chi connectivity index (χ1v) is 4.12. The highest BCUT2D eigenvalue weighted by atomic mass is 19.4. The maximum absolute atomic E-state index is 12.4. The second-order valence-electron chi connectivity index (χ2n) is 2.95. The zero-order valence-electron chi connectivity index (χ0n) is 8.20. The average Bonchev–Trinajstić information content (AvgIpc) is 2.25. The molecule has 1 aromatic rings. The van der Waals surface area contributed by atoms with Crippen LogP contribution in [0.25, 0.3) is 0 Å². The van der Waals surface area contributed by atoms with Gasteiger partial charge in [-0.05, 0) is 0 Å². The summed E-state index contributed by atoms with van der Waals surface area (Å²) >= 11 is 0. The molecular formula is C8H2F5N3O2. The number of nitro groups is 1. The Morgan fingerprint density at radius 2 is 2.00 bits per heavy atom. The Kier molecular flexibility index (Phi) is 3.45. The van der Waals surface area contributed by atoms with Crippen LogP contribution < -0.4 is 0 Å². The van der Waals surface area contributed by atoms with Crippen LogP contribution in [0.5, 0.6) is 0 Å². The molecule has 1 aromatic heterocycles. The third kappa shape index (κ3) is 2.34. The summed E-state index contributed by atoms with van der Waals surface area (Å²) in [5.41, 5.74) is -6.29. The Balaban J connectivity index is 3.72. The van der Waals surface area contributed by atoms with Crippen molar-refractivity contribution in [3.63, 3.8) is 0 Å². The summed E-state index contributed by atoms with van der Waals surface area (Å²) in [7, 11) is 0. The molecule has 0 radical (unpaired) electrons. The zero-order valence-corrected chi connectivity index (χ0v) is 8.20. The molecule has 0 N–H and O–H groups in total. The fourth-order valence-electron chi connectivity index (χ4n) is 1.19. The van der Waals surface area contributed by atoms with Gasteiger partial charge in [-0.2, -0.15) is 18.4 Å². The topological polar surface area (TPSA) is 79.8 Å². The SMILES string of the molecule is N#Cc1c(C(F)F)ncc(C(F)(F)F)c1[N+](=O)[O-]. The normalized spacial score (nSPS) is 11.4. The van der Waals surface area contributed by atoms with Crippen LogP contribution in [-0.4, -0.2) is 9.91 Å². The van der Waals surface area contributed by atoms with Crippen molar-refractivity contribution in [2.45, 2.75) is 12.6 Å². The van der Waals surface area contributed by atoms with Crippen LogP contribution in [0, 0.1) is 21.4 Å². The van der Waals surface area contributed by atoms with E-state index in [0.717, 1.165) is 6.07 Å². The molecule has 10 heteroatoms. The highest BCUT2D eigenvalue weighted by Gasteiger charge is 2.42. The molecular weight excluding hydrogens is 265 g/mol. The van der Waals surface area contributed by atoms with Gasteiger partial charge in [0, 0.05) is 6.20 Å². The molecule has 1 heterocycles. The molecule has 1 rings (SSSR count). The molecule has 0 aliphatic carbocycles. The minimum Gasteiger partial charge on any atom is -0.258 e. The van der Waals surface area contributed by atoms with Crippen molar-refractivity contribution in [3.05, 3.63) is 33.1 Å². The van der Waals surface area contributed by atoms with Crippen molar-refractivity contribution in [2.75, 3.05) is 0 Å². The lowest BCUT2D eigenvalue weighted by Gasteiger charge is -2.09. The smallest absolute Gasteiger partial charge is 0.258 e. The van der Waals surface area contributed by atoms with Gasteiger partial charge in [0.2, 0.25) is 0 Å². The van der Waals surface area contributed by atoms with Crippen molar-refractivity contribution in [3.8, 4) is 6.07 Å². The van der Waals surface area contributed by atoms with E-state index < -0.39 is 40.0 Å². The molecule has 0 aromatic carbocycles. The lowest BCUT2D eigenvalue weighted by atomic mass is 10.1. The van der Waals surface area contributed by atoms with E-state index in [0.29, 0.717) is 0 Å². The van der Waals surface area contributed by atoms with Gasteiger partial charge in [0.1, 0.15) is 11.8 Å². The van der Waals surface area contributed by atoms with Gasteiger partial charge in [-0.3, -0.25) is 15.1 Å². The molecule has 0 unspecified atom stereocenters. The summed E-state index contributed by atoms with van der Waals surface area (Å²) in [5, 5.41) is 19.0. The molecule has 96 valence electrons. The van der Waals surface area contributed by atoms with Gasteiger partial charge < -0.3 is 0 Å². The van der Waals surface area contributed by atoms with Gasteiger partial charge in [0.05, 0.1) is 4.92 Å². The van der Waals surface area contributed by atoms with E-state index in [2.05, 4.69) is 4.98 Å². The second-order valence-corrected chi connectivity index (χ2v) is 2.95. The summed E-state index contributed by atoms with van der Waals surface area (Å²) in [4.78, 5) is 11.7. The Morgan fingerprint density at radius 3 is 2.33 bits per heavy atom. The lowest BCUT2D eigenvalue weighted by molar-refractivity contribution is -0.388. The Hall–Kier alpha value is -2.31. The first kappa shape index (κ1) is 13.8. The first-order valence-electron chi connectivity index (χ1n) is 4.12. The molecule has 0 amide bonds. The summed E-state index contributed by atoms with van der Waals surface area (Å²) in [6.07, 6.45) is -8.64. The highest BCUT2D eigenvalue weighted by molar-refractivity contribution is 5.56. The summed E-state index contributed by atoms with van der Waals surface area (Å²) < 4.78 is 62.0. The van der Waals surface area contributed by atoms with E-state index in [-0.39, 0.29) is 6.20 Å². The maximum Gasteiger partial charge on any atom is 0.424 e. The molecule has 0 atom stereocenters. The van der Waals surface area contributed by atoms with E-state index in [1.54, 1.807) is 0 Å². The van der Waals surface area contributed by atoms with Crippen molar-refractivity contribution in [2.24, 2.45) is 0 Å². The van der Waals surface area contributed by atoms with Gasteiger partial charge in [-0.15, -0.1) is 0 Å².